The maximum Gasteiger partial charge on any atom is 0.282 e. The number of hydrogen-bond donors (Lipinski definition) is 1. The number of nitrogens with one attached hydrogen (secondary N) is 1. The second-order valence-corrected chi connectivity index (χ2v) is 7.64. The Morgan fingerprint density at radius 3 is 2.28 bits per heavy atom. The molecule has 0 bridgehead atoms. The van der Waals surface area contributed by atoms with E-state index in [-0.39, 0.29) is 11.9 Å². The number of rotatable bonds is 5. The van der Waals surface area contributed by atoms with Gasteiger partial charge >= 0.3 is 0 Å². The van der Waals surface area contributed by atoms with Crippen molar-refractivity contribution in [2.75, 3.05) is 19.4 Å². The minimum absolute atomic E-state index is 0.0769. The first kappa shape index (κ1) is 17.7. The maximum absolute atomic E-state index is 13.0. The van der Waals surface area contributed by atoms with Crippen LogP contribution in [-0.2, 0) is 4.79 Å². The van der Waals surface area contributed by atoms with Gasteiger partial charge in [0.2, 0.25) is 0 Å². The summed E-state index contributed by atoms with van der Waals surface area (Å²) >= 11 is 0. The fraction of sp³-hybridized carbons (Fsp3) is 0.409. The molecule has 0 spiro atoms. The van der Waals surface area contributed by atoms with Gasteiger partial charge in [0.1, 0.15) is 0 Å². The van der Waals surface area contributed by atoms with Crippen LogP contribution in [0.25, 0.3) is 11.1 Å². The van der Waals surface area contributed by atoms with Gasteiger partial charge in [-0.1, -0.05) is 48.5 Å². The van der Waals surface area contributed by atoms with E-state index in [0.29, 0.717) is 6.04 Å². The third-order valence-electron chi connectivity index (χ3n) is 5.91. The molecule has 2 aromatic rings. The molecule has 0 saturated heterocycles. The molecule has 1 aliphatic rings. The minimum Gasteiger partial charge on any atom is -0.320 e. The van der Waals surface area contributed by atoms with Crippen molar-refractivity contribution in [3.63, 3.8) is 0 Å². The van der Waals surface area contributed by atoms with Gasteiger partial charge < -0.3 is 9.80 Å². The molecule has 0 heterocycles. The third kappa shape index (κ3) is 3.77. The molecule has 3 rings (SSSR count). The molecule has 0 unspecified atom stereocenters. The molecule has 1 saturated carbocycles. The Kier molecular flexibility index (Phi) is 5.24. The standard InChI is InChI=1S/C22H28N2O/c1-17(24(2,3)19-13-7-8-14-19)22(25)23-21-16-10-9-15-20(21)18-11-5-4-6-12-18/h4-6,9-12,15-17,19H,7-8,13-14H2,1-3H3/p+1/t17-/m1/s1. The van der Waals surface area contributed by atoms with Crippen molar-refractivity contribution < 1.29 is 9.28 Å². The predicted octanol–water partition coefficient (Wildman–Crippen LogP) is 4.70. The highest BCUT2D eigenvalue weighted by Gasteiger charge is 2.39. The van der Waals surface area contributed by atoms with E-state index in [1.165, 1.54) is 25.7 Å². The first-order valence-corrected chi connectivity index (χ1v) is 9.29. The molecule has 2 aromatic carbocycles. The third-order valence-corrected chi connectivity index (χ3v) is 5.91. The quantitative estimate of drug-likeness (QED) is 0.787. The summed E-state index contributed by atoms with van der Waals surface area (Å²) < 4.78 is 0.763. The van der Waals surface area contributed by atoms with Crippen molar-refractivity contribution >= 4 is 11.6 Å². The highest BCUT2D eigenvalue weighted by molar-refractivity contribution is 5.97. The van der Waals surface area contributed by atoms with E-state index in [2.05, 4.69) is 44.5 Å². The van der Waals surface area contributed by atoms with Crippen LogP contribution in [0, 0.1) is 0 Å². The van der Waals surface area contributed by atoms with E-state index in [1.807, 2.05) is 36.4 Å². The first-order chi connectivity index (χ1) is 12.0. The first-order valence-electron chi connectivity index (χ1n) is 9.29. The van der Waals surface area contributed by atoms with Gasteiger partial charge in [0.05, 0.1) is 20.1 Å². The molecular formula is C22H29N2O+. The van der Waals surface area contributed by atoms with Crippen LogP contribution in [0.5, 0.6) is 0 Å². The summed E-state index contributed by atoms with van der Waals surface area (Å²) in [6.07, 6.45) is 5.03. The number of amides is 1. The molecule has 1 amide bonds. The second kappa shape index (κ2) is 7.40. The number of hydrogen-bond acceptors (Lipinski definition) is 1. The molecule has 1 N–H and O–H groups in total. The number of likely N-dealkylation sites (N-methyl/N-ethyl adjacent to an activating group) is 1. The Morgan fingerprint density at radius 1 is 1.00 bits per heavy atom. The Hall–Kier alpha value is -2.13. The largest absolute Gasteiger partial charge is 0.320 e. The molecule has 0 radical (unpaired) electrons. The van der Waals surface area contributed by atoms with Gasteiger partial charge in [-0.3, -0.25) is 4.79 Å². The van der Waals surface area contributed by atoms with Crippen molar-refractivity contribution in [1.82, 2.24) is 0 Å². The monoisotopic (exact) mass is 337 g/mol. The van der Waals surface area contributed by atoms with Crippen molar-refractivity contribution in [2.45, 2.75) is 44.7 Å². The lowest BCUT2D eigenvalue weighted by Crippen LogP contribution is -2.58. The summed E-state index contributed by atoms with van der Waals surface area (Å²) in [6, 6.07) is 18.8. The normalized spacial score (nSPS) is 16.6. The average Bonchev–Trinajstić information content (AvgIpc) is 3.18. The van der Waals surface area contributed by atoms with Crippen LogP contribution in [0.4, 0.5) is 5.69 Å². The number of para-hydroxylation sites is 1. The van der Waals surface area contributed by atoms with Gasteiger partial charge in [-0.15, -0.1) is 0 Å². The SMILES string of the molecule is C[C@H](C(=O)Nc1ccccc1-c1ccccc1)[N+](C)(C)C1CCCC1. The lowest BCUT2D eigenvalue weighted by molar-refractivity contribution is -0.927. The van der Waals surface area contributed by atoms with E-state index in [4.69, 9.17) is 0 Å². The van der Waals surface area contributed by atoms with E-state index >= 15 is 0 Å². The van der Waals surface area contributed by atoms with Gasteiger partial charge in [-0.2, -0.15) is 0 Å². The number of quaternary nitrogens is 1. The Morgan fingerprint density at radius 2 is 1.60 bits per heavy atom. The van der Waals surface area contributed by atoms with Crippen LogP contribution in [0.3, 0.4) is 0 Å². The van der Waals surface area contributed by atoms with Crippen molar-refractivity contribution in [2.24, 2.45) is 0 Å². The lowest BCUT2D eigenvalue weighted by atomic mass is 10.0. The number of nitrogens with zero attached hydrogens (tertiary/aromatic N) is 1. The fourth-order valence-corrected chi connectivity index (χ4v) is 3.89. The van der Waals surface area contributed by atoms with Crippen molar-refractivity contribution in [3.8, 4) is 11.1 Å². The van der Waals surface area contributed by atoms with Gasteiger partial charge in [0, 0.05) is 11.3 Å². The Labute approximate surface area is 151 Å². The molecule has 3 nitrogen and oxygen atoms in total. The molecule has 0 aromatic heterocycles. The smallest absolute Gasteiger partial charge is 0.282 e. The highest BCUT2D eigenvalue weighted by Crippen LogP contribution is 2.31. The van der Waals surface area contributed by atoms with Crippen molar-refractivity contribution in [3.05, 3.63) is 54.6 Å². The average molecular weight is 337 g/mol. The summed E-state index contributed by atoms with van der Waals surface area (Å²) in [6.45, 7) is 2.05. The molecule has 25 heavy (non-hydrogen) atoms. The molecular weight excluding hydrogens is 308 g/mol. The van der Waals surface area contributed by atoms with Gasteiger partial charge in [-0.25, -0.2) is 0 Å². The highest BCUT2D eigenvalue weighted by atomic mass is 16.2. The van der Waals surface area contributed by atoms with Crippen molar-refractivity contribution in [1.29, 1.82) is 0 Å². The molecule has 1 aliphatic carbocycles. The van der Waals surface area contributed by atoms with Gasteiger partial charge in [0.15, 0.2) is 6.04 Å². The number of benzene rings is 2. The number of carbonyl (C=O) groups is 1. The summed E-state index contributed by atoms with van der Waals surface area (Å²) in [5.74, 6) is 0.0975. The minimum atomic E-state index is -0.0769. The van der Waals surface area contributed by atoms with Crippen LogP contribution in [0.1, 0.15) is 32.6 Å². The van der Waals surface area contributed by atoms with E-state index in [0.717, 1.165) is 21.3 Å². The molecule has 3 heteroatoms. The zero-order valence-electron chi connectivity index (χ0n) is 15.5. The van der Waals surface area contributed by atoms with Crippen LogP contribution in [-0.4, -0.2) is 36.6 Å². The summed E-state index contributed by atoms with van der Waals surface area (Å²) in [4.78, 5) is 13.0. The van der Waals surface area contributed by atoms with Gasteiger partial charge in [0.25, 0.3) is 5.91 Å². The lowest BCUT2D eigenvalue weighted by Gasteiger charge is -2.40. The summed E-state index contributed by atoms with van der Waals surface area (Å²) in [5, 5.41) is 3.18. The zero-order chi connectivity index (χ0) is 17.9. The number of anilines is 1. The Bertz CT molecular complexity index is 718. The summed E-state index contributed by atoms with van der Waals surface area (Å²) in [5.41, 5.74) is 3.07. The van der Waals surface area contributed by atoms with Gasteiger partial charge in [-0.05, 0) is 44.2 Å². The van der Waals surface area contributed by atoms with Crippen LogP contribution < -0.4 is 5.32 Å². The van der Waals surface area contributed by atoms with E-state index in [9.17, 15) is 4.79 Å². The zero-order valence-corrected chi connectivity index (χ0v) is 15.5. The number of carbonyl (C=O) groups excluding carboxylic acids is 1. The Balaban J connectivity index is 1.79. The molecule has 1 fully saturated rings. The summed E-state index contributed by atoms with van der Waals surface area (Å²) in [7, 11) is 4.40. The van der Waals surface area contributed by atoms with E-state index in [1.54, 1.807) is 0 Å². The predicted molar refractivity (Wildman–Crippen MR) is 104 cm³/mol. The van der Waals surface area contributed by atoms with E-state index < -0.39 is 0 Å². The second-order valence-electron chi connectivity index (χ2n) is 7.64. The molecule has 1 atom stereocenters. The van der Waals surface area contributed by atoms with Crippen LogP contribution in [0.15, 0.2) is 54.6 Å². The maximum atomic E-state index is 13.0. The van der Waals surface area contributed by atoms with Crippen LogP contribution in [0.2, 0.25) is 0 Å². The molecule has 132 valence electrons. The fourth-order valence-electron chi connectivity index (χ4n) is 3.89. The topological polar surface area (TPSA) is 29.1 Å². The molecule has 0 aliphatic heterocycles. The van der Waals surface area contributed by atoms with Crippen LogP contribution >= 0.6 is 0 Å².